The van der Waals surface area contributed by atoms with Crippen molar-refractivity contribution in [3.63, 3.8) is 0 Å². The molecule has 0 aliphatic carbocycles. The maximum absolute atomic E-state index is 3.62. The smallest absolute Gasteiger partial charge is 1.00 e. The fraction of sp³-hybridized carbons (Fsp3) is 0.214. The Kier molecular flexibility index (Phi) is 5.68. The first kappa shape index (κ1) is 16.0. The molecule has 0 amide bonds. The van der Waals surface area contributed by atoms with E-state index in [-0.39, 0.29) is 12.4 Å². The number of rotatable bonds is 2. The number of hydrogen-bond acceptors (Lipinski definition) is 0. The van der Waals surface area contributed by atoms with Crippen LogP contribution in [0.4, 0.5) is 0 Å². The predicted molar refractivity (Wildman–Crippen MR) is 78.7 cm³/mol. The van der Waals surface area contributed by atoms with Crippen molar-refractivity contribution in [2.75, 3.05) is 0 Å². The quantitative estimate of drug-likeness (QED) is 0.473. The van der Waals surface area contributed by atoms with Crippen LogP contribution in [0.25, 0.3) is 5.69 Å². The molecule has 0 unspecified atom stereocenters. The van der Waals surface area contributed by atoms with E-state index in [0.29, 0.717) is 0 Å². The van der Waals surface area contributed by atoms with E-state index in [1.807, 2.05) is 6.07 Å². The van der Waals surface area contributed by atoms with Gasteiger partial charge in [-0.2, -0.15) is 0 Å². The Hall–Kier alpha value is -0.0613. The summed E-state index contributed by atoms with van der Waals surface area (Å²) in [5.41, 5.74) is 1.24. The Labute approximate surface area is 128 Å². The van der Waals surface area contributed by atoms with Crippen molar-refractivity contribution in [2.45, 2.75) is 14.8 Å². The molecule has 18 heavy (non-hydrogen) atoms. The van der Waals surface area contributed by atoms with E-state index in [2.05, 4.69) is 78.0 Å². The van der Waals surface area contributed by atoms with E-state index in [4.69, 9.17) is 0 Å². The van der Waals surface area contributed by atoms with Gasteiger partial charge in [-0.25, -0.2) is 0 Å². The Morgan fingerprint density at radius 3 is 2.11 bits per heavy atom. The van der Waals surface area contributed by atoms with Crippen molar-refractivity contribution in [1.82, 2.24) is 0 Å². The minimum absolute atomic E-state index is 0. The van der Waals surface area contributed by atoms with Gasteiger partial charge in [0, 0.05) is 0 Å². The third kappa shape index (κ3) is 3.97. The van der Waals surface area contributed by atoms with Crippen LogP contribution in [0.1, 0.15) is 0 Å². The van der Waals surface area contributed by atoms with Crippen LogP contribution in [0.3, 0.4) is 0 Å². The maximum Gasteiger partial charge on any atom is -1.00 e. The number of benzene rings is 1. The molecule has 0 spiro atoms. The van der Waals surface area contributed by atoms with E-state index in [9.17, 15) is 0 Å². The monoisotopic (exact) mass is 433 g/mol. The van der Waals surface area contributed by atoms with Crippen LogP contribution in [-0.4, -0.2) is 18.4 Å². The minimum atomic E-state index is -2.01. The largest absolute Gasteiger partial charge is 1.00 e. The fourth-order valence-electron chi connectivity index (χ4n) is 1.73. The second kappa shape index (κ2) is 6.40. The average Bonchev–Trinajstić information content (AvgIpc) is 2.28. The molecule has 0 saturated heterocycles. The molecular weight excluding hydrogens is 416 g/mol. The van der Waals surface area contributed by atoms with E-state index in [1.54, 1.807) is 3.58 Å². The van der Waals surface area contributed by atoms with Crippen molar-refractivity contribution in [1.29, 1.82) is 0 Å². The number of aromatic nitrogens is 1. The van der Waals surface area contributed by atoms with Crippen LogP contribution < -0.4 is 20.6 Å². The van der Waals surface area contributed by atoms with Crippen LogP contribution in [0.2, 0.25) is 14.8 Å². The molecule has 0 saturated carbocycles. The van der Waals surface area contributed by atoms with E-state index < -0.39 is 18.4 Å². The summed E-state index contributed by atoms with van der Waals surface area (Å²) in [5, 5.41) is 0. The molecule has 0 N–H and O–H groups in total. The summed E-state index contributed by atoms with van der Waals surface area (Å²) < 4.78 is 4.87. The van der Waals surface area contributed by atoms with Crippen LogP contribution in [-0.2, 0) is 0 Å². The molecule has 0 atom stereocenters. The molecule has 0 radical (unpaired) electrons. The van der Waals surface area contributed by atoms with Gasteiger partial charge in [-0.15, -0.1) is 0 Å². The molecule has 4 heteroatoms. The summed E-state index contributed by atoms with van der Waals surface area (Å²) >= 11 is 1.62. The number of hydrogen-bond donors (Lipinski definition) is 0. The third-order valence-corrected chi connectivity index (χ3v) is 8.99. The summed E-state index contributed by atoms with van der Waals surface area (Å²) in [6, 6.07) is 12.9. The average molecular weight is 433 g/mol. The molecule has 0 aliphatic heterocycles. The molecule has 96 valence electrons. The summed E-state index contributed by atoms with van der Waals surface area (Å²) in [7, 11) is 0. The van der Waals surface area contributed by atoms with Crippen LogP contribution in [0.5, 0.6) is 0 Å². The molecule has 2 rings (SSSR count). The molecule has 1 aromatic carbocycles. The summed E-state index contributed by atoms with van der Waals surface area (Å²) in [4.78, 5) is 7.32. The van der Waals surface area contributed by atoms with Gasteiger partial charge >= 0.3 is 116 Å². The predicted octanol–water partition coefficient (Wildman–Crippen LogP) is 0.275. The van der Waals surface area contributed by atoms with E-state index in [1.165, 1.54) is 10.2 Å². The van der Waals surface area contributed by atoms with Gasteiger partial charge in [0.05, 0.1) is 0 Å². The standard InChI is InChI=1S/C11H8BrN.3CH3.ClH.Sn/c12-10-5-4-6-11(9-10)13-7-2-1-3-8-13;;;;;/h1-3,5-9H;3*1H3;1H;/q+1;;;;;/p-1. The molecule has 2 aromatic rings. The van der Waals surface area contributed by atoms with Crippen molar-refractivity contribution in [3.05, 3.63) is 53.3 Å². The maximum atomic E-state index is 3.62. The van der Waals surface area contributed by atoms with Crippen LogP contribution in [0.15, 0.2) is 53.3 Å². The Morgan fingerprint density at radius 1 is 0.944 bits per heavy atom. The zero-order valence-electron chi connectivity index (χ0n) is 10.8. The second-order valence-electron chi connectivity index (χ2n) is 5.23. The summed E-state index contributed by atoms with van der Waals surface area (Å²) in [5.74, 6) is 0. The Balaban J connectivity index is 0.00000162. The zero-order chi connectivity index (χ0) is 12.5. The molecule has 1 aromatic heterocycles. The molecular formula is C14H17BrClNSn. The van der Waals surface area contributed by atoms with Gasteiger partial charge in [0.1, 0.15) is 0 Å². The van der Waals surface area contributed by atoms with Gasteiger partial charge < -0.3 is 12.4 Å². The molecule has 1 nitrogen and oxygen atoms in total. The number of pyridine rings is 1. The van der Waals surface area contributed by atoms with Crippen molar-refractivity contribution in [3.8, 4) is 5.69 Å². The van der Waals surface area contributed by atoms with Crippen molar-refractivity contribution < 1.29 is 17.0 Å². The van der Waals surface area contributed by atoms with Gasteiger partial charge in [-0.3, -0.25) is 0 Å². The van der Waals surface area contributed by atoms with Gasteiger partial charge in [-0.05, 0) is 0 Å². The van der Waals surface area contributed by atoms with Crippen LogP contribution in [0, 0.1) is 0 Å². The van der Waals surface area contributed by atoms with E-state index >= 15 is 0 Å². The zero-order valence-corrected chi connectivity index (χ0v) is 16.0. The topological polar surface area (TPSA) is 3.88 Å². The molecule has 0 fully saturated rings. The fourth-order valence-corrected chi connectivity index (χ4v) is 6.15. The molecule has 1 heterocycles. The molecule has 0 aliphatic rings. The van der Waals surface area contributed by atoms with E-state index in [0.717, 1.165) is 0 Å². The SMILES string of the molecule is [CH3][Sn]([CH3])([CH3])[c]1cc(Br)cc(-[n+]2ccccc2)c1.[Cl-]. The first-order valence-electron chi connectivity index (χ1n) is 5.74. The van der Waals surface area contributed by atoms with Gasteiger partial charge in [0.2, 0.25) is 0 Å². The normalized spacial score (nSPS) is 10.9. The number of halogens is 2. The first-order valence-corrected chi connectivity index (χ1v) is 16.5. The first-order chi connectivity index (χ1) is 7.97. The second-order valence-corrected chi connectivity index (χ2v) is 20.6. The summed E-state index contributed by atoms with van der Waals surface area (Å²) in [6.07, 6.45) is 4.17. The third-order valence-electron chi connectivity index (χ3n) is 2.76. The van der Waals surface area contributed by atoms with Gasteiger partial charge in [0.15, 0.2) is 0 Å². The summed E-state index contributed by atoms with van der Waals surface area (Å²) in [6.45, 7) is 0. The van der Waals surface area contributed by atoms with Crippen LogP contribution >= 0.6 is 15.9 Å². The number of nitrogens with zero attached hydrogens (tertiary/aromatic N) is 1. The Bertz CT molecular complexity index is 523. The van der Waals surface area contributed by atoms with Crippen molar-refractivity contribution in [2.24, 2.45) is 0 Å². The minimum Gasteiger partial charge on any atom is -1.00 e. The van der Waals surface area contributed by atoms with Gasteiger partial charge in [0.25, 0.3) is 0 Å². The Morgan fingerprint density at radius 2 is 1.56 bits per heavy atom. The van der Waals surface area contributed by atoms with Gasteiger partial charge in [-0.1, -0.05) is 0 Å². The molecule has 0 bridgehead atoms. The van der Waals surface area contributed by atoms with Crippen molar-refractivity contribution >= 4 is 37.9 Å².